The number of hydrogen-bond acceptors (Lipinski definition) is 4. The highest BCUT2D eigenvalue weighted by Gasteiger charge is 2.17. The molecule has 0 saturated heterocycles. The van der Waals surface area contributed by atoms with Crippen LogP contribution in [0.3, 0.4) is 0 Å². The van der Waals surface area contributed by atoms with Crippen LogP contribution in [0.4, 0.5) is 5.69 Å². The molecule has 0 aliphatic rings. The maximum absolute atomic E-state index is 12.4. The number of rotatable bonds is 6. The molecule has 23 heavy (non-hydrogen) atoms. The fourth-order valence-electron chi connectivity index (χ4n) is 1.75. The van der Waals surface area contributed by atoms with Crippen LogP contribution >= 0.6 is 11.6 Å². The predicted octanol–water partition coefficient (Wildman–Crippen LogP) is 2.82. The number of sulfonamides is 1. The Morgan fingerprint density at radius 1 is 1.17 bits per heavy atom. The molecule has 0 unspecified atom stereocenters. The Labute approximate surface area is 139 Å². The second kappa shape index (κ2) is 7.45. The van der Waals surface area contributed by atoms with E-state index in [1.807, 2.05) is 0 Å². The monoisotopic (exact) mass is 354 g/mol. The van der Waals surface area contributed by atoms with Crippen molar-refractivity contribution in [3.8, 4) is 0 Å². The molecule has 8 heteroatoms. The van der Waals surface area contributed by atoms with Crippen molar-refractivity contribution < 1.29 is 18.0 Å². The minimum atomic E-state index is -3.87. The first-order valence-electron chi connectivity index (χ1n) is 6.73. The van der Waals surface area contributed by atoms with Crippen molar-refractivity contribution in [1.82, 2.24) is 5.48 Å². The minimum Gasteiger partial charge on any atom is -0.278 e. The van der Waals surface area contributed by atoms with E-state index in [0.717, 1.165) is 0 Å². The van der Waals surface area contributed by atoms with Gasteiger partial charge < -0.3 is 0 Å². The van der Waals surface area contributed by atoms with Crippen molar-refractivity contribution in [3.05, 3.63) is 59.1 Å². The normalized spacial score (nSPS) is 11.0. The van der Waals surface area contributed by atoms with Gasteiger partial charge in [0, 0.05) is 5.56 Å². The van der Waals surface area contributed by atoms with Crippen LogP contribution in [-0.2, 0) is 14.9 Å². The van der Waals surface area contributed by atoms with E-state index in [0.29, 0.717) is 6.61 Å². The molecule has 6 nitrogen and oxygen atoms in total. The molecule has 0 spiro atoms. The number of carbonyl (C=O) groups excluding carboxylic acids is 1. The lowest BCUT2D eigenvalue weighted by atomic mass is 10.2. The minimum absolute atomic E-state index is 0.0541. The number of para-hydroxylation sites is 1. The van der Waals surface area contributed by atoms with E-state index in [1.165, 1.54) is 24.3 Å². The molecule has 0 saturated carbocycles. The summed E-state index contributed by atoms with van der Waals surface area (Å²) in [6.07, 6.45) is 0. The zero-order valence-electron chi connectivity index (χ0n) is 12.2. The van der Waals surface area contributed by atoms with Gasteiger partial charge in [0.2, 0.25) is 0 Å². The number of nitrogens with one attached hydrogen (secondary N) is 2. The van der Waals surface area contributed by atoms with E-state index in [4.69, 9.17) is 16.4 Å². The quantitative estimate of drug-likeness (QED) is 0.781. The van der Waals surface area contributed by atoms with E-state index in [-0.39, 0.29) is 21.2 Å². The summed E-state index contributed by atoms with van der Waals surface area (Å²) in [5.41, 5.74) is 2.64. The summed E-state index contributed by atoms with van der Waals surface area (Å²) < 4.78 is 27.2. The topological polar surface area (TPSA) is 84.5 Å². The van der Waals surface area contributed by atoms with E-state index >= 15 is 0 Å². The molecule has 122 valence electrons. The molecule has 1 amide bonds. The smallest absolute Gasteiger partial charge is 0.274 e. The number of amides is 1. The number of carbonyl (C=O) groups is 1. The molecule has 0 aromatic heterocycles. The molecule has 2 aromatic carbocycles. The van der Waals surface area contributed by atoms with Gasteiger partial charge in [0.25, 0.3) is 15.9 Å². The van der Waals surface area contributed by atoms with E-state index < -0.39 is 15.9 Å². The van der Waals surface area contributed by atoms with Crippen molar-refractivity contribution in [2.24, 2.45) is 0 Å². The third kappa shape index (κ3) is 4.44. The largest absolute Gasteiger partial charge is 0.278 e. The summed E-state index contributed by atoms with van der Waals surface area (Å²) in [6, 6.07) is 12.1. The van der Waals surface area contributed by atoms with Gasteiger partial charge in [-0.15, -0.1) is 0 Å². The number of halogens is 1. The highest BCUT2D eigenvalue weighted by molar-refractivity contribution is 7.92. The summed E-state index contributed by atoms with van der Waals surface area (Å²) in [7, 11) is -3.87. The maximum Gasteiger partial charge on any atom is 0.274 e. The second-order valence-corrected chi connectivity index (χ2v) is 6.57. The molecular weight excluding hydrogens is 340 g/mol. The van der Waals surface area contributed by atoms with Crippen LogP contribution in [0.1, 0.15) is 17.3 Å². The molecule has 2 aromatic rings. The Morgan fingerprint density at radius 2 is 1.91 bits per heavy atom. The summed E-state index contributed by atoms with van der Waals surface area (Å²) in [5.74, 6) is -0.526. The SMILES string of the molecule is CCONC(=O)c1cccc(S(=O)(=O)Nc2ccccc2Cl)c1. The third-order valence-electron chi connectivity index (χ3n) is 2.83. The second-order valence-electron chi connectivity index (χ2n) is 4.48. The van der Waals surface area contributed by atoms with E-state index in [9.17, 15) is 13.2 Å². The van der Waals surface area contributed by atoms with Crippen molar-refractivity contribution in [2.45, 2.75) is 11.8 Å². The summed E-state index contributed by atoms with van der Waals surface area (Å²) in [6.45, 7) is 2.02. The Kier molecular flexibility index (Phi) is 5.59. The highest BCUT2D eigenvalue weighted by Crippen LogP contribution is 2.24. The average Bonchev–Trinajstić information content (AvgIpc) is 2.54. The van der Waals surface area contributed by atoms with Crippen LogP contribution in [0.2, 0.25) is 5.02 Å². The number of hydroxylamine groups is 1. The van der Waals surface area contributed by atoms with Crippen LogP contribution in [0.25, 0.3) is 0 Å². The van der Waals surface area contributed by atoms with Crippen molar-refractivity contribution in [3.63, 3.8) is 0 Å². The zero-order valence-corrected chi connectivity index (χ0v) is 13.8. The molecule has 0 atom stereocenters. The molecule has 0 fully saturated rings. The first-order chi connectivity index (χ1) is 10.9. The summed E-state index contributed by atoms with van der Waals surface area (Å²) in [5, 5.41) is 0.279. The molecule has 0 radical (unpaired) electrons. The predicted molar refractivity (Wildman–Crippen MR) is 87.8 cm³/mol. The Hall–Kier alpha value is -2.09. The maximum atomic E-state index is 12.4. The van der Waals surface area contributed by atoms with Gasteiger partial charge in [0.15, 0.2) is 0 Å². The van der Waals surface area contributed by atoms with Crippen LogP contribution in [0, 0.1) is 0 Å². The lowest BCUT2D eigenvalue weighted by molar-refractivity contribution is 0.0364. The molecule has 0 heterocycles. The van der Waals surface area contributed by atoms with Gasteiger partial charge in [-0.25, -0.2) is 13.9 Å². The van der Waals surface area contributed by atoms with Gasteiger partial charge in [-0.3, -0.25) is 14.4 Å². The Bertz CT molecular complexity index is 809. The fourth-order valence-corrected chi connectivity index (χ4v) is 3.11. The number of hydrogen-bond donors (Lipinski definition) is 2. The van der Waals surface area contributed by atoms with Gasteiger partial charge in [0.1, 0.15) is 0 Å². The van der Waals surface area contributed by atoms with Gasteiger partial charge >= 0.3 is 0 Å². The van der Waals surface area contributed by atoms with Crippen molar-refractivity contribution in [1.29, 1.82) is 0 Å². The van der Waals surface area contributed by atoms with Crippen LogP contribution in [-0.4, -0.2) is 20.9 Å². The first kappa shape index (κ1) is 17.3. The van der Waals surface area contributed by atoms with Gasteiger partial charge in [-0.1, -0.05) is 29.8 Å². The van der Waals surface area contributed by atoms with E-state index in [1.54, 1.807) is 31.2 Å². The number of anilines is 1. The third-order valence-corrected chi connectivity index (χ3v) is 4.53. The first-order valence-corrected chi connectivity index (χ1v) is 8.59. The van der Waals surface area contributed by atoms with Gasteiger partial charge in [0.05, 0.1) is 22.2 Å². The average molecular weight is 355 g/mol. The lowest BCUT2D eigenvalue weighted by Gasteiger charge is -2.10. The molecule has 0 aliphatic carbocycles. The van der Waals surface area contributed by atoms with Crippen LogP contribution in [0.15, 0.2) is 53.4 Å². The molecule has 2 N–H and O–H groups in total. The standard InChI is InChI=1S/C15H15ClN2O4S/c1-2-22-17-15(19)11-6-5-7-12(10-11)23(20,21)18-14-9-4-3-8-13(14)16/h3-10,18H,2H2,1H3,(H,17,19). The molecule has 0 bridgehead atoms. The highest BCUT2D eigenvalue weighted by atomic mass is 35.5. The zero-order chi connectivity index (χ0) is 16.9. The lowest BCUT2D eigenvalue weighted by Crippen LogP contribution is -2.24. The van der Waals surface area contributed by atoms with Gasteiger partial charge in [-0.2, -0.15) is 0 Å². The Morgan fingerprint density at radius 3 is 2.61 bits per heavy atom. The van der Waals surface area contributed by atoms with Crippen LogP contribution < -0.4 is 10.2 Å². The van der Waals surface area contributed by atoms with Crippen molar-refractivity contribution >= 4 is 33.2 Å². The molecular formula is C15H15ClN2O4S. The van der Waals surface area contributed by atoms with Gasteiger partial charge in [-0.05, 0) is 37.3 Å². The molecule has 2 rings (SSSR count). The van der Waals surface area contributed by atoms with Crippen LogP contribution in [0.5, 0.6) is 0 Å². The Balaban J connectivity index is 2.27. The van der Waals surface area contributed by atoms with Crippen molar-refractivity contribution in [2.75, 3.05) is 11.3 Å². The molecule has 0 aliphatic heterocycles. The fraction of sp³-hybridized carbons (Fsp3) is 0.133. The van der Waals surface area contributed by atoms with E-state index in [2.05, 4.69) is 10.2 Å². The number of benzene rings is 2. The summed E-state index contributed by atoms with van der Waals surface area (Å²) in [4.78, 5) is 16.6. The summed E-state index contributed by atoms with van der Waals surface area (Å²) >= 11 is 5.95.